The van der Waals surface area contributed by atoms with E-state index in [-0.39, 0.29) is 17.2 Å². The number of rotatable bonds is 6. The number of thioether (sulfide) groups is 1. The second kappa shape index (κ2) is 8.55. The standard InChI is InChI=1S/C16H23N5OS2/c1-11-15(24-16(3,20-11)21-12(2)22)14(9-23)19-10-18-8-13-5-4-6-17-7-13/h4-7,9-11,15,20,23H,8H2,1-3H3,(H,18,19)(H,21,22)/b14-9-. The molecule has 0 saturated carbocycles. The number of carbonyl (C=O) groups is 1. The maximum Gasteiger partial charge on any atom is 0.218 e. The highest BCUT2D eigenvalue weighted by Crippen LogP contribution is 2.37. The molecular formula is C16H23N5OS2. The number of nitrogens with zero attached hydrogens (tertiary/aromatic N) is 2. The van der Waals surface area contributed by atoms with Crippen LogP contribution >= 0.6 is 24.4 Å². The molecule has 3 unspecified atom stereocenters. The summed E-state index contributed by atoms with van der Waals surface area (Å²) in [6, 6.07) is 4.05. The van der Waals surface area contributed by atoms with Crippen LogP contribution in [0.25, 0.3) is 0 Å². The van der Waals surface area contributed by atoms with Gasteiger partial charge < -0.3 is 10.6 Å². The average molecular weight is 366 g/mol. The van der Waals surface area contributed by atoms with E-state index in [0.29, 0.717) is 6.54 Å². The van der Waals surface area contributed by atoms with Crippen LogP contribution in [0.4, 0.5) is 0 Å². The number of hydrogen-bond acceptors (Lipinski definition) is 6. The van der Waals surface area contributed by atoms with Gasteiger partial charge in [-0.25, -0.2) is 0 Å². The van der Waals surface area contributed by atoms with Crippen molar-refractivity contribution in [1.29, 1.82) is 0 Å². The maximum atomic E-state index is 11.4. The fraction of sp³-hybridized carbons (Fsp3) is 0.438. The Morgan fingerprint density at radius 1 is 1.62 bits per heavy atom. The molecule has 1 fully saturated rings. The Labute approximate surface area is 152 Å². The van der Waals surface area contributed by atoms with Crippen molar-refractivity contribution in [2.75, 3.05) is 0 Å². The minimum Gasteiger partial charge on any atom is -0.349 e. The van der Waals surface area contributed by atoms with Crippen molar-refractivity contribution in [3.63, 3.8) is 0 Å². The van der Waals surface area contributed by atoms with Crippen LogP contribution in [0.2, 0.25) is 0 Å². The first-order valence-corrected chi connectivity index (χ1v) is 9.05. The molecule has 2 rings (SSSR count). The lowest BCUT2D eigenvalue weighted by Crippen LogP contribution is -2.51. The molecule has 0 bridgehead atoms. The third kappa shape index (κ3) is 5.25. The Hall–Kier alpha value is -1.51. The summed E-state index contributed by atoms with van der Waals surface area (Å²) in [5, 5.41) is 11.4. The number of thiol groups is 1. The van der Waals surface area contributed by atoms with Crippen molar-refractivity contribution in [2.45, 2.75) is 43.6 Å². The van der Waals surface area contributed by atoms with Crippen molar-refractivity contribution in [1.82, 2.24) is 20.9 Å². The van der Waals surface area contributed by atoms with E-state index in [1.54, 1.807) is 35.9 Å². The minimum absolute atomic E-state index is 0.0623. The molecule has 24 heavy (non-hydrogen) atoms. The molecule has 0 radical (unpaired) electrons. The molecule has 8 heteroatoms. The first-order chi connectivity index (χ1) is 11.4. The monoisotopic (exact) mass is 365 g/mol. The van der Waals surface area contributed by atoms with Crippen LogP contribution in [0.3, 0.4) is 0 Å². The number of nitrogens with one attached hydrogen (secondary N) is 3. The van der Waals surface area contributed by atoms with Gasteiger partial charge in [-0.15, -0.1) is 24.4 Å². The molecule has 0 aliphatic carbocycles. The van der Waals surface area contributed by atoms with E-state index >= 15 is 0 Å². The normalized spacial score (nSPS) is 27.4. The summed E-state index contributed by atoms with van der Waals surface area (Å²) in [5.41, 5.74) is 1.99. The Balaban J connectivity index is 1.93. The molecule has 1 aliphatic heterocycles. The van der Waals surface area contributed by atoms with Gasteiger partial charge in [-0.3, -0.25) is 20.1 Å². The number of aromatic nitrogens is 1. The maximum absolute atomic E-state index is 11.4. The Kier molecular flexibility index (Phi) is 6.70. The number of amides is 1. The molecule has 130 valence electrons. The predicted octanol–water partition coefficient (Wildman–Crippen LogP) is 1.87. The SMILES string of the molecule is CC(=O)NC1(C)NC(C)C(/C(=C/S)NC=NCc2cccnc2)S1. The lowest BCUT2D eigenvalue weighted by molar-refractivity contribution is -0.120. The highest BCUT2D eigenvalue weighted by atomic mass is 32.2. The lowest BCUT2D eigenvalue weighted by atomic mass is 10.2. The lowest BCUT2D eigenvalue weighted by Gasteiger charge is -2.25. The van der Waals surface area contributed by atoms with Crippen LogP contribution in [0.15, 0.2) is 40.6 Å². The fourth-order valence-electron chi connectivity index (χ4n) is 2.59. The predicted molar refractivity (Wildman–Crippen MR) is 103 cm³/mol. The summed E-state index contributed by atoms with van der Waals surface area (Å²) in [7, 11) is 0. The largest absolute Gasteiger partial charge is 0.349 e. The highest BCUT2D eigenvalue weighted by Gasteiger charge is 2.42. The molecule has 3 atom stereocenters. The number of aliphatic imine (C=N–C) groups is 1. The summed E-state index contributed by atoms with van der Waals surface area (Å²) in [5.74, 6) is -0.0623. The van der Waals surface area contributed by atoms with Gasteiger partial charge in [0, 0.05) is 31.1 Å². The molecule has 1 aromatic heterocycles. The van der Waals surface area contributed by atoms with Crippen molar-refractivity contribution < 1.29 is 4.79 Å². The molecule has 0 spiro atoms. The van der Waals surface area contributed by atoms with E-state index in [1.807, 2.05) is 19.1 Å². The summed E-state index contributed by atoms with van der Waals surface area (Å²) in [4.78, 5) is 19.3. The number of carbonyl (C=O) groups excluding carboxylic acids is 1. The molecule has 2 heterocycles. The van der Waals surface area contributed by atoms with E-state index in [2.05, 4.69) is 45.5 Å². The van der Waals surface area contributed by atoms with Gasteiger partial charge in [-0.1, -0.05) is 6.07 Å². The van der Waals surface area contributed by atoms with Gasteiger partial charge in [-0.2, -0.15) is 0 Å². The van der Waals surface area contributed by atoms with Crippen molar-refractivity contribution in [2.24, 2.45) is 4.99 Å². The van der Waals surface area contributed by atoms with Gasteiger partial charge in [0.15, 0.2) is 0 Å². The minimum atomic E-state index is -0.494. The number of pyridine rings is 1. The molecule has 0 aromatic carbocycles. The fourth-order valence-corrected chi connectivity index (χ4v) is 4.43. The van der Waals surface area contributed by atoms with Gasteiger partial charge >= 0.3 is 0 Å². The van der Waals surface area contributed by atoms with E-state index in [9.17, 15) is 4.79 Å². The van der Waals surface area contributed by atoms with Gasteiger partial charge in [-0.05, 0) is 30.9 Å². The van der Waals surface area contributed by atoms with Crippen LogP contribution in [-0.4, -0.2) is 33.5 Å². The second-order valence-corrected chi connectivity index (χ2v) is 7.56. The van der Waals surface area contributed by atoms with Crippen LogP contribution in [-0.2, 0) is 11.3 Å². The number of hydrogen-bond donors (Lipinski definition) is 4. The quantitative estimate of drug-likeness (QED) is 0.352. The van der Waals surface area contributed by atoms with Gasteiger partial charge in [0.1, 0.15) is 4.99 Å². The van der Waals surface area contributed by atoms with Crippen LogP contribution in [0.1, 0.15) is 26.3 Å². The van der Waals surface area contributed by atoms with Crippen molar-refractivity contribution >= 4 is 36.6 Å². The molecular weight excluding hydrogens is 342 g/mol. The highest BCUT2D eigenvalue weighted by molar-refractivity contribution is 8.01. The first kappa shape index (κ1) is 18.8. The Morgan fingerprint density at radius 2 is 2.42 bits per heavy atom. The molecule has 6 nitrogen and oxygen atoms in total. The smallest absolute Gasteiger partial charge is 0.218 e. The summed E-state index contributed by atoms with van der Waals surface area (Å²) < 4.78 is 0. The van der Waals surface area contributed by atoms with Gasteiger partial charge in [0.05, 0.1) is 18.1 Å². The zero-order valence-electron chi connectivity index (χ0n) is 14.0. The van der Waals surface area contributed by atoms with Crippen LogP contribution < -0.4 is 16.0 Å². The second-order valence-electron chi connectivity index (χ2n) is 5.75. The van der Waals surface area contributed by atoms with E-state index in [4.69, 9.17) is 0 Å². The molecule has 1 saturated heterocycles. The zero-order chi connectivity index (χ0) is 17.6. The molecule has 3 N–H and O–H groups in total. The average Bonchev–Trinajstić information content (AvgIpc) is 2.82. The van der Waals surface area contributed by atoms with Crippen molar-refractivity contribution in [3.05, 3.63) is 41.2 Å². The third-order valence-electron chi connectivity index (χ3n) is 3.50. The van der Waals surface area contributed by atoms with E-state index in [1.165, 1.54) is 6.92 Å². The summed E-state index contributed by atoms with van der Waals surface area (Å²) in [6.45, 7) is 6.12. The summed E-state index contributed by atoms with van der Waals surface area (Å²) >= 11 is 5.95. The first-order valence-electron chi connectivity index (χ1n) is 7.66. The molecule has 1 amide bonds. The van der Waals surface area contributed by atoms with E-state index < -0.39 is 4.99 Å². The third-order valence-corrected chi connectivity index (χ3v) is 5.38. The molecule has 1 aromatic rings. The summed E-state index contributed by atoms with van der Waals surface area (Å²) in [6.07, 6.45) is 5.21. The topological polar surface area (TPSA) is 78.4 Å². The Bertz CT molecular complexity index is 622. The van der Waals surface area contributed by atoms with Crippen LogP contribution in [0, 0.1) is 0 Å². The van der Waals surface area contributed by atoms with Gasteiger partial charge in [0.25, 0.3) is 0 Å². The zero-order valence-corrected chi connectivity index (χ0v) is 15.7. The van der Waals surface area contributed by atoms with Crippen molar-refractivity contribution in [3.8, 4) is 0 Å². The Morgan fingerprint density at radius 3 is 3.04 bits per heavy atom. The van der Waals surface area contributed by atoms with Gasteiger partial charge in [0.2, 0.25) is 5.91 Å². The van der Waals surface area contributed by atoms with E-state index in [0.717, 1.165) is 11.3 Å². The van der Waals surface area contributed by atoms with Crippen LogP contribution in [0.5, 0.6) is 0 Å². The molecule has 1 aliphatic rings.